The molecule has 2 N–H and O–H groups in total. The normalized spacial score (nSPS) is 9.62. The molecule has 0 radical (unpaired) electrons. The van der Waals surface area contributed by atoms with Crippen molar-refractivity contribution in [3.8, 4) is 17.2 Å². The van der Waals surface area contributed by atoms with E-state index >= 15 is 0 Å². The number of methoxy groups -OCH3 is 2. The molecule has 3 aromatic rings. The van der Waals surface area contributed by atoms with E-state index in [0.29, 0.717) is 30.7 Å². The van der Waals surface area contributed by atoms with E-state index < -0.39 is 5.97 Å². The fraction of sp³-hybridized carbons (Fsp3) is 0.400. The van der Waals surface area contributed by atoms with Crippen LogP contribution in [0, 0.1) is 0 Å². The first kappa shape index (κ1) is 44.8. The number of phenolic OH excluding ortho intramolecular Hbond substituents is 1. The highest BCUT2D eigenvalue weighted by Crippen LogP contribution is 2.15. The molecule has 3 rings (SSSR count). The number of alkyl halides is 4. The molecule has 0 bridgehead atoms. The van der Waals surface area contributed by atoms with Gasteiger partial charge in [0.15, 0.2) is 0 Å². The minimum atomic E-state index is -0.840. The van der Waals surface area contributed by atoms with Crippen molar-refractivity contribution in [2.24, 2.45) is 0 Å². The number of rotatable bonds is 16. The average molecular weight is 795 g/mol. The molecule has 0 aliphatic heterocycles. The van der Waals surface area contributed by atoms with Crippen molar-refractivity contribution in [1.82, 2.24) is 0 Å². The molecular formula is C35H44BrCl3O9. The summed E-state index contributed by atoms with van der Waals surface area (Å²) in [5, 5.41) is 18.7. The molecule has 0 unspecified atom stereocenters. The van der Waals surface area contributed by atoms with Crippen LogP contribution in [0.15, 0.2) is 72.8 Å². The van der Waals surface area contributed by atoms with Gasteiger partial charge in [-0.2, -0.15) is 0 Å². The number of aromatic hydroxyl groups is 1. The number of carbonyl (C=O) groups excluding carboxylic acids is 2. The third kappa shape index (κ3) is 24.9. The van der Waals surface area contributed by atoms with Crippen molar-refractivity contribution < 1.29 is 43.5 Å². The number of ether oxygens (including phenoxy) is 4. The van der Waals surface area contributed by atoms with E-state index in [2.05, 4.69) is 25.4 Å². The molecule has 0 saturated carbocycles. The quantitative estimate of drug-likeness (QED) is 0.0847. The molecule has 0 atom stereocenters. The molecule has 0 amide bonds. The Morgan fingerprint density at radius 2 is 1.06 bits per heavy atom. The topological polar surface area (TPSA) is 129 Å². The van der Waals surface area contributed by atoms with Gasteiger partial charge in [0.25, 0.3) is 0 Å². The largest absolute Gasteiger partial charge is 0.508 e. The highest BCUT2D eigenvalue weighted by molar-refractivity contribution is 9.09. The standard InChI is InChI=1S/C12H15ClO3.C11H13ClO3.C9H10O3.C3H6BrCl/c1-15-12(14)9-10-4-2-5-11(8-10)16-7-3-6-13;12-5-2-6-15-10-4-1-3-9(7-10)8-11(13)14;1-12-9(11)6-7-3-2-4-8(10)5-7;4-2-1-3-5/h2,4-5,8H,3,6-7,9H2,1H3;1,3-4,7H,2,5-6,8H2,(H,13,14);2-5,10H,6H2,1H3;1-3H2. The van der Waals surface area contributed by atoms with Crippen LogP contribution in [-0.2, 0) is 43.1 Å². The van der Waals surface area contributed by atoms with E-state index in [1.54, 1.807) is 42.5 Å². The van der Waals surface area contributed by atoms with E-state index in [-0.39, 0.29) is 37.0 Å². The monoisotopic (exact) mass is 792 g/mol. The van der Waals surface area contributed by atoms with Crippen molar-refractivity contribution in [1.29, 1.82) is 0 Å². The molecule has 0 aromatic heterocycles. The van der Waals surface area contributed by atoms with Crippen LogP contribution in [0.25, 0.3) is 0 Å². The van der Waals surface area contributed by atoms with Crippen LogP contribution >= 0.6 is 50.7 Å². The summed E-state index contributed by atoms with van der Waals surface area (Å²) in [7, 11) is 2.72. The number of carboxylic acids is 1. The van der Waals surface area contributed by atoms with Gasteiger partial charge in [-0.15, -0.1) is 34.8 Å². The second-order valence-electron chi connectivity index (χ2n) is 9.55. The number of halogens is 4. The molecule has 48 heavy (non-hydrogen) atoms. The highest BCUT2D eigenvalue weighted by Gasteiger charge is 2.05. The Bertz CT molecular complexity index is 1310. The first-order valence-corrected chi connectivity index (χ1v) is 17.6. The summed E-state index contributed by atoms with van der Waals surface area (Å²) < 4.78 is 19.9. The number of phenols is 1. The van der Waals surface area contributed by atoms with E-state index in [9.17, 15) is 14.4 Å². The Kier molecular flexibility index (Phi) is 27.9. The van der Waals surface area contributed by atoms with Crippen LogP contribution in [0.4, 0.5) is 0 Å². The molecule has 0 saturated heterocycles. The Morgan fingerprint density at radius 3 is 1.42 bits per heavy atom. The molecular weight excluding hydrogens is 751 g/mol. The molecule has 0 aliphatic rings. The zero-order valence-electron chi connectivity index (χ0n) is 27.2. The maximum atomic E-state index is 11.1. The lowest BCUT2D eigenvalue weighted by Crippen LogP contribution is -2.05. The van der Waals surface area contributed by atoms with Crippen molar-refractivity contribution in [3.05, 3.63) is 89.5 Å². The van der Waals surface area contributed by atoms with Gasteiger partial charge in [0.1, 0.15) is 17.2 Å². The summed E-state index contributed by atoms with van der Waals surface area (Å²) >= 11 is 19.6. The van der Waals surface area contributed by atoms with Crippen LogP contribution < -0.4 is 9.47 Å². The van der Waals surface area contributed by atoms with Crippen molar-refractivity contribution in [2.75, 3.05) is 50.4 Å². The van der Waals surface area contributed by atoms with Crippen molar-refractivity contribution in [2.45, 2.75) is 38.5 Å². The number of carbonyl (C=O) groups is 3. The molecule has 0 fully saturated rings. The maximum absolute atomic E-state index is 11.1. The van der Waals surface area contributed by atoms with Gasteiger partial charge in [0.2, 0.25) is 0 Å². The summed E-state index contributed by atoms with van der Waals surface area (Å²) in [5.41, 5.74) is 2.38. The molecule has 0 aliphatic carbocycles. The van der Waals surface area contributed by atoms with Crippen LogP contribution in [0.2, 0.25) is 0 Å². The van der Waals surface area contributed by atoms with Crippen LogP contribution in [-0.4, -0.2) is 78.5 Å². The Hall–Kier alpha value is -3.18. The Morgan fingerprint density at radius 1 is 0.646 bits per heavy atom. The fourth-order valence-electron chi connectivity index (χ4n) is 3.35. The lowest BCUT2D eigenvalue weighted by molar-refractivity contribution is -0.140. The number of esters is 2. The zero-order valence-corrected chi connectivity index (χ0v) is 31.0. The fourth-order valence-corrected chi connectivity index (χ4v) is 4.30. The van der Waals surface area contributed by atoms with Gasteiger partial charge < -0.3 is 29.2 Å². The first-order valence-electron chi connectivity index (χ1n) is 14.9. The third-order valence-electron chi connectivity index (χ3n) is 5.58. The average Bonchev–Trinajstić information content (AvgIpc) is 3.06. The van der Waals surface area contributed by atoms with E-state index in [4.69, 9.17) is 54.5 Å². The van der Waals surface area contributed by atoms with Crippen LogP contribution in [0.3, 0.4) is 0 Å². The third-order valence-corrected chi connectivity index (χ3v) is 6.94. The SMILES string of the molecule is COC(=O)Cc1cccc(O)c1.COC(=O)Cc1cccc(OCCCCl)c1.ClCCCBr.O=C(O)Cc1cccc(OCCCCl)c1. The summed E-state index contributed by atoms with van der Waals surface area (Å²) in [6.07, 6.45) is 3.15. The Balaban J connectivity index is 0.000000649. The van der Waals surface area contributed by atoms with Gasteiger partial charge >= 0.3 is 17.9 Å². The summed E-state index contributed by atoms with van der Waals surface area (Å²) in [4.78, 5) is 32.3. The number of hydrogen-bond acceptors (Lipinski definition) is 8. The molecule has 0 heterocycles. The number of hydrogen-bond donors (Lipinski definition) is 2. The second-order valence-corrected chi connectivity index (χ2v) is 11.5. The number of carboxylic acid groups (broad SMARTS) is 1. The minimum absolute atomic E-state index is 0.0205. The number of aliphatic carboxylic acids is 1. The molecule has 0 spiro atoms. The molecule has 13 heteroatoms. The van der Waals surface area contributed by atoms with Crippen LogP contribution in [0.1, 0.15) is 36.0 Å². The minimum Gasteiger partial charge on any atom is -0.508 e. The second kappa shape index (κ2) is 29.9. The first-order chi connectivity index (χ1) is 23.1. The van der Waals surface area contributed by atoms with Gasteiger partial charge in [0.05, 0.1) is 46.7 Å². The summed E-state index contributed by atoms with van der Waals surface area (Å²) in [5.74, 6) is 2.13. The molecule has 9 nitrogen and oxygen atoms in total. The maximum Gasteiger partial charge on any atom is 0.309 e. The van der Waals surface area contributed by atoms with Gasteiger partial charge in [-0.1, -0.05) is 52.3 Å². The smallest absolute Gasteiger partial charge is 0.309 e. The lowest BCUT2D eigenvalue weighted by atomic mass is 10.1. The van der Waals surface area contributed by atoms with Gasteiger partial charge in [-0.05, 0) is 72.4 Å². The number of benzene rings is 3. The predicted molar refractivity (Wildman–Crippen MR) is 195 cm³/mol. The van der Waals surface area contributed by atoms with Gasteiger partial charge in [0, 0.05) is 23.0 Å². The zero-order chi connectivity index (χ0) is 36.0. The lowest BCUT2D eigenvalue weighted by Gasteiger charge is -2.06. The highest BCUT2D eigenvalue weighted by atomic mass is 79.9. The summed E-state index contributed by atoms with van der Waals surface area (Å²) in [6.45, 7) is 1.14. The van der Waals surface area contributed by atoms with E-state index in [1.165, 1.54) is 20.3 Å². The molecule has 3 aromatic carbocycles. The van der Waals surface area contributed by atoms with Gasteiger partial charge in [-0.25, -0.2) is 0 Å². The Labute approximate surface area is 306 Å². The molecule has 266 valence electrons. The van der Waals surface area contributed by atoms with E-state index in [1.807, 2.05) is 24.3 Å². The summed E-state index contributed by atoms with van der Waals surface area (Å²) in [6, 6.07) is 21.1. The van der Waals surface area contributed by atoms with Crippen molar-refractivity contribution >= 4 is 68.6 Å². The van der Waals surface area contributed by atoms with Gasteiger partial charge in [-0.3, -0.25) is 14.4 Å². The van der Waals surface area contributed by atoms with Crippen LogP contribution in [0.5, 0.6) is 17.2 Å². The van der Waals surface area contributed by atoms with E-state index in [0.717, 1.165) is 52.9 Å². The van der Waals surface area contributed by atoms with Crippen molar-refractivity contribution in [3.63, 3.8) is 0 Å². The predicted octanol–water partition coefficient (Wildman–Crippen LogP) is 7.85.